The zero-order chi connectivity index (χ0) is 10.4. The van der Waals surface area contributed by atoms with Gasteiger partial charge in [0, 0.05) is 11.8 Å². The first-order valence-corrected chi connectivity index (χ1v) is 7.99. The Kier molecular flexibility index (Phi) is 5.72. The third-order valence-electron chi connectivity index (χ3n) is 2.57. The van der Waals surface area contributed by atoms with E-state index in [1.54, 1.807) is 0 Å². The maximum atomic E-state index is 3.68. The second-order valence-corrected chi connectivity index (χ2v) is 6.90. The predicted molar refractivity (Wildman–Crippen MR) is 70.5 cm³/mol. The molecule has 0 aromatic heterocycles. The van der Waals surface area contributed by atoms with Crippen LogP contribution in [-0.4, -0.2) is 36.1 Å². The Morgan fingerprint density at radius 2 is 2.29 bits per heavy atom. The normalized spacial score (nSPS) is 26.4. The van der Waals surface area contributed by atoms with Gasteiger partial charge in [-0.2, -0.15) is 23.5 Å². The monoisotopic (exact) mass is 233 g/mol. The third-order valence-corrected chi connectivity index (χ3v) is 4.89. The van der Waals surface area contributed by atoms with Crippen molar-refractivity contribution in [1.29, 1.82) is 0 Å². The molecule has 0 aliphatic carbocycles. The molecule has 1 aliphatic rings. The van der Waals surface area contributed by atoms with E-state index in [0.717, 1.165) is 6.04 Å². The molecule has 1 nitrogen and oxygen atoms in total. The molecule has 0 saturated carbocycles. The summed E-state index contributed by atoms with van der Waals surface area (Å²) in [5, 5.41) is 3.68. The van der Waals surface area contributed by atoms with Crippen molar-refractivity contribution in [3.8, 4) is 0 Å². The van der Waals surface area contributed by atoms with Crippen LogP contribution in [-0.2, 0) is 0 Å². The quantitative estimate of drug-likeness (QED) is 0.733. The van der Waals surface area contributed by atoms with Crippen LogP contribution in [0.4, 0.5) is 0 Å². The molecule has 0 amide bonds. The summed E-state index contributed by atoms with van der Waals surface area (Å²) < 4.78 is 0. The number of thioether (sulfide) groups is 2. The van der Waals surface area contributed by atoms with Crippen LogP contribution in [0, 0.1) is 5.41 Å². The predicted octanol–water partition coefficient (Wildman–Crippen LogP) is 2.86. The molecular weight excluding hydrogens is 210 g/mol. The van der Waals surface area contributed by atoms with Crippen LogP contribution in [0.25, 0.3) is 0 Å². The summed E-state index contributed by atoms with van der Waals surface area (Å²) in [6, 6.07) is 0.755. The van der Waals surface area contributed by atoms with Gasteiger partial charge in [0.25, 0.3) is 0 Å². The van der Waals surface area contributed by atoms with Gasteiger partial charge in [0.1, 0.15) is 0 Å². The van der Waals surface area contributed by atoms with Gasteiger partial charge in [-0.25, -0.2) is 0 Å². The fourth-order valence-electron chi connectivity index (χ4n) is 1.92. The van der Waals surface area contributed by atoms with E-state index in [-0.39, 0.29) is 0 Å². The Hall–Kier alpha value is 0.660. The standard InChI is InChI=1S/C11H23NS2/c1-11(2)7-10(8-14-9-11)12-5-4-6-13-3/h10,12H,4-9H2,1-3H3. The highest BCUT2D eigenvalue weighted by Gasteiger charge is 2.27. The van der Waals surface area contributed by atoms with E-state index < -0.39 is 0 Å². The average Bonchev–Trinajstić information content (AvgIpc) is 2.11. The maximum absolute atomic E-state index is 3.68. The van der Waals surface area contributed by atoms with Gasteiger partial charge in [-0.3, -0.25) is 0 Å². The molecule has 3 heteroatoms. The van der Waals surface area contributed by atoms with Crippen LogP contribution in [0.2, 0.25) is 0 Å². The highest BCUT2D eigenvalue weighted by molar-refractivity contribution is 7.99. The molecule has 1 unspecified atom stereocenters. The van der Waals surface area contributed by atoms with Gasteiger partial charge >= 0.3 is 0 Å². The van der Waals surface area contributed by atoms with Crippen LogP contribution in [0.1, 0.15) is 26.7 Å². The lowest BCUT2D eigenvalue weighted by molar-refractivity contribution is 0.319. The minimum Gasteiger partial charge on any atom is -0.313 e. The van der Waals surface area contributed by atoms with Gasteiger partial charge in [0.2, 0.25) is 0 Å². The van der Waals surface area contributed by atoms with E-state index in [1.165, 1.54) is 36.6 Å². The molecule has 0 aromatic rings. The minimum atomic E-state index is 0.542. The second kappa shape index (κ2) is 6.29. The Balaban J connectivity index is 2.12. The van der Waals surface area contributed by atoms with Crippen molar-refractivity contribution >= 4 is 23.5 Å². The number of hydrogen-bond acceptors (Lipinski definition) is 3. The lowest BCUT2D eigenvalue weighted by atomic mass is 9.88. The SMILES string of the molecule is CSCCCNC1CSCC(C)(C)C1. The maximum Gasteiger partial charge on any atom is 0.0163 e. The molecule has 1 atom stereocenters. The molecule has 14 heavy (non-hydrogen) atoms. The van der Waals surface area contributed by atoms with Crippen LogP contribution >= 0.6 is 23.5 Å². The summed E-state index contributed by atoms with van der Waals surface area (Å²) in [6.07, 6.45) is 4.83. The Bertz CT molecular complexity index is 159. The first kappa shape index (κ1) is 12.7. The molecule has 0 aromatic carbocycles. The Morgan fingerprint density at radius 1 is 1.50 bits per heavy atom. The molecule has 84 valence electrons. The summed E-state index contributed by atoms with van der Waals surface area (Å²) in [6.45, 7) is 5.97. The molecule has 1 rings (SSSR count). The van der Waals surface area contributed by atoms with Crippen molar-refractivity contribution in [3.05, 3.63) is 0 Å². The van der Waals surface area contributed by atoms with Gasteiger partial charge in [0.05, 0.1) is 0 Å². The van der Waals surface area contributed by atoms with Crippen LogP contribution in [0.3, 0.4) is 0 Å². The summed E-state index contributed by atoms with van der Waals surface area (Å²) in [5.74, 6) is 3.93. The smallest absolute Gasteiger partial charge is 0.0163 e. The Labute approximate surface area is 97.2 Å². The van der Waals surface area contributed by atoms with E-state index in [0.29, 0.717) is 5.41 Å². The van der Waals surface area contributed by atoms with Crippen molar-refractivity contribution in [1.82, 2.24) is 5.32 Å². The van der Waals surface area contributed by atoms with Crippen molar-refractivity contribution < 1.29 is 0 Å². The van der Waals surface area contributed by atoms with Gasteiger partial charge in [-0.1, -0.05) is 13.8 Å². The lowest BCUT2D eigenvalue weighted by Crippen LogP contribution is -2.40. The van der Waals surface area contributed by atoms with Gasteiger partial charge in [0.15, 0.2) is 0 Å². The van der Waals surface area contributed by atoms with Crippen molar-refractivity contribution in [3.63, 3.8) is 0 Å². The summed E-state index contributed by atoms with van der Waals surface area (Å²) in [7, 11) is 0. The zero-order valence-electron chi connectivity index (χ0n) is 9.64. The summed E-state index contributed by atoms with van der Waals surface area (Å²) >= 11 is 4.05. The van der Waals surface area contributed by atoms with Crippen molar-refractivity contribution in [2.45, 2.75) is 32.7 Å². The molecule has 1 aliphatic heterocycles. The topological polar surface area (TPSA) is 12.0 Å². The van der Waals surface area contributed by atoms with Gasteiger partial charge in [-0.05, 0) is 42.6 Å². The zero-order valence-corrected chi connectivity index (χ0v) is 11.3. The fraction of sp³-hybridized carbons (Fsp3) is 1.00. The molecule has 0 bridgehead atoms. The Morgan fingerprint density at radius 3 is 2.93 bits per heavy atom. The van der Waals surface area contributed by atoms with Crippen molar-refractivity contribution in [2.75, 3.05) is 30.1 Å². The molecule has 0 radical (unpaired) electrons. The molecule has 1 N–H and O–H groups in total. The molecule has 1 heterocycles. The molecule has 1 fully saturated rings. The first-order chi connectivity index (χ1) is 6.64. The number of nitrogens with one attached hydrogen (secondary N) is 1. The average molecular weight is 233 g/mol. The first-order valence-electron chi connectivity index (χ1n) is 5.44. The van der Waals surface area contributed by atoms with E-state index in [9.17, 15) is 0 Å². The number of hydrogen-bond donors (Lipinski definition) is 1. The molecule has 0 spiro atoms. The molecule has 1 saturated heterocycles. The number of rotatable bonds is 5. The van der Waals surface area contributed by atoms with Crippen LogP contribution in [0.5, 0.6) is 0 Å². The van der Waals surface area contributed by atoms with Crippen molar-refractivity contribution in [2.24, 2.45) is 5.41 Å². The van der Waals surface area contributed by atoms with E-state index in [1.807, 2.05) is 11.8 Å². The van der Waals surface area contributed by atoms with E-state index in [2.05, 4.69) is 37.2 Å². The molecular formula is C11H23NS2. The second-order valence-electron chi connectivity index (χ2n) is 4.88. The largest absolute Gasteiger partial charge is 0.313 e. The minimum absolute atomic E-state index is 0.542. The third kappa shape index (κ3) is 4.94. The highest BCUT2D eigenvalue weighted by atomic mass is 32.2. The fourth-order valence-corrected chi connectivity index (χ4v) is 3.66. The van der Waals surface area contributed by atoms with Gasteiger partial charge in [-0.15, -0.1) is 0 Å². The van der Waals surface area contributed by atoms with E-state index in [4.69, 9.17) is 0 Å². The highest BCUT2D eigenvalue weighted by Crippen LogP contribution is 2.33. The van der Waals surface area contributed by atoms with Crippen LogP contribution < -0.4 is 5.32 Å². The summed E-state index contributed by atoms with van der Waals surface area (Å²) in [5.41, 5.74) is 0.542. The van der Waals surface area contributed by atoms with E-state index >= 15 is 0 Å². The van der Waals surface area contributed by atoms with Gasteiger partial charge < -0.3 is 5.32 Å². The van der Waals surface area contributed by atoms with Crippen LogP contribution in [0.15, 0.2) is 0 Å². The summed E-state index contributed by atoms with van der Waals surface area (Å²) in [4.78, 5) is 0. The lowest BCUT2D eigenvalue weighted by Gasteiger charge is -2.35.